The van der Waals surface area contributed by atoms with Crippen LogP contribution in [-0.2, 0) is 12.8 Å². The molecule has 1 heterocycles. The van der Waals surface area contributed by atoms with Crippen molar-refractivity contribution in [2.24, 2.45) is 0 Å². The van der Waals surface area contributed by atoms with Crippen LogP contribution in [-0.4, -0.2) is 18.6 Å². The molecular weight excluding hydrogens is 224 g/mol. The van der Waals surface area contributed by atoms with Gasteiger partial charge in [-0.05, 0) is 39.3 Å². The second-order valence-electron chi connectivity index (χ2n) is 4.88. The van der Waals surface area contributed by atoms with E-state index in [0.29, 0.717) is 5.92 Å². The van der Waals surface area contributed by atoms with Crippen molar-refractivity contribution in [1.82, 2.24) is 10.3 Å². The standard InChI is InChI=1S/C15H28N2O/c1-5-8-9-13-14(7-3)18-15(17-13)12(6-2)10-11-16-4/h12,16H,5-11H2,1-4H3. The Kier molecular flexibility index (Phi) is 7.02. The highest BCUT2D eigenvalue weighted by molar-refractivity contribution is 5.12. The topological polar surface area (TPSA) is 38.1 Å². The number of rotatable bonds is 9. The Morgan fingerprint density at radius 1 is 1.28 bits per heavy atom. The van der Waals surface area contributed by atoms with Crippen LogP contribution in [0.1, 0.15) is 69.7 Å². The molecule has 0 aliphatic rings. The van der Waals surface area contributed by atoms with Crippen LogP contribution in [0.3, 0.4) is 0 Å². The van der Waals surface area contributed by atoms with Crippen molar-refractivity contribution in [3.8, 4) is 0 Å². The van der Waals surface area contributed by atoms with Gasteiger partial charge in [0, 0.05) is 12.3 Å². The van der Waals surface area contributed by atoms with Gasteiger partial charge >= 0.3 is 0 Å². The zero-order valence-corrected chi connectivity index (χ0v) is 12.4. The molecule has 1 unspecified atom stereocenters. The van der Waals surface area contributed by atoms with Gasteiger partial charge in [-0.15, -0.1) is 0 Å². The number of hydrogen-bond acceptors (Lipinski definition) is 3. The van der Waals surface area contributed by atoms with Crippen LogP contribution in [0.4, 0.5) is 0 Å². The van der Waals surface area contributed by atoms with E-state index in [0.717, 1.165) is 43.9 Å². The summed E-state index contributed by atoms with van der Waals surface area (Å²) in [6.07, 6.45) is 6.62. The molecule has 1 aromatic heterocycles. The highest BCUT2D eigenvalue weighted by Crippen LogP contribution is 2.25. The summed E-state index contributed by atoms with van der Waals surface area (Å²) in [6, 6.07) is 0. The van der Waals surface area contributed by atoms with Crippen molar-refractivity contribution in [3.05, 3.63) is 17.3 Å². The Morgan fingerprint density at radius 3 is 2.61 bits per heavy atom. The van der Waals surface area contributed by atoms with Crippen molar-refractivity contribution in [2.45, 2.75) is 65.2 Å². The van der Waals surface area contributed by atoms with Gasteiger partial charge in [0.05, 0.1) is 5.69 Å². The summed E-state index contributed by atoms with van der Waals surface area (Å²) in [5.41, 5.74) is 1.19. The highest BCUT2D eigenvalue weighted by Gasteiger charge is 2.18. The first kappa shape index (κ1) is 15.2. The molecule has 0 fully saturated rings. The molecule has 104 valence electrons. The van der Waals surface area contributed by atoms with Gasteiger partial charge in [0.15, 0.2) is 5.89 Å². The van der Waals surface area contributed by atoms with E-state index in [2.05, 4.69) is 26.1 Å². The van der Waals surface area contributed by atoms with Crippen LogP contribution in [0.25, 0.3) is 0 Å². The number of aryl methyl sites for hydroxylation is 2. The Balaban J connectivity index is 2.77. The van der Waals surface area contributed by atoms with Crippen LogP contribution in [0.5, 0.6) is 0 Å². The van der Waals surface area contributed by atoms with Gasteiger partial charge in [0.1, 0.15) is 5.76 Å². The number of hydrogen-bond donors (Lipinski definition) is 1. The van der Waals surface area contributed by atoms with E-state index < -0.39 is 0 Å². The van der Waals surface area contributed by atoms with Crippen molar-refractivity contribution < 1.29 is 4.42 Å². The normalized spacial score (nSPS) is 12.9. The summed E-state index contributed by atoms with van der Waals surface area (Å²) in [5, 5.41) is 3.20. The first-order chi connectivity index (χ1) is 8.76. The minimum absolute atomic E-state index is 0.457. The van der Waals surface area contributed by atoms with Gasteiger partial charge in [-0.25, -0.2) is 4.98 Å². The zero-order chi connectivity index (χ0) is 13.4. The molecule has 0 bridgehead atoms. The predicted molar refractivity (Wildman–Crippen MR) is 76.1 cm³/mol. The number of nitrogens with zero attached hydrogens (tertiary/aromatic N) is 1. The highest BCUT2D eigenvalue weighted by atomic mass is 16.4. The average Bonchev–Trinajstić information content (AvgIpc) is 2.80. The Morgan fingerprint density at radius 2 is 2.06 bits per heavy atom. The number of nitrogens with one attached hydrogen (secondary N) is 1. The summed E-state index contributed by atoms with van der Waals surface area (Å²) in [5.74, 6) is 2.51. The third kappa shape index (κ3) is 4.13. The van der Waals surface area contributed by atoms with Crippen molar-refractivity contribution in [2.75, 3.05) is 13.6 Å². The molecule has 18 heavy (non-hydrogen) atoms. The van der Waals surface area contributed by atoms with E-state index in [9.17, 15) is 0 Å². The van der Waals surface area contributed by atoms with Crippen molar-refractivity contribution in [3.63, 3.8) is 0 Å². The van der Waals surface area contributed by atoms with E-state index in [1.165, 1.54) is 18.5 Å². The minimum Gasteiger partial charge on any atom is -0.445 e. The Bertz CT molecular complexity index is 333. The fraction of sp³-hybridized carbons (Fsp3) is 0.800. The molecule has 3 heteroatoms. The molecule has 0 saturated heterocycles. The number of oxazole rings is 1. The molecule has 1 rings (SSSR count). The summed E-state index contributed by atoms with van der Waals surface area (Å²) >= 11 is 0. The van der Waals surface area contributed by atoms with Gasteiger partial charge in [-0.3, -0.25) is 0 Å². The fourth-order valence-corrected chi connectivity index (χ4v) is 2.21. The summed E-state index contributed by atoms with van der Waals surface area (Å²) in [4.78, 5) is 4.75. The maximum atomic E-state index is 5.97. The average molecular weight is 252 g/mol. The molecule has 0 amide bonds. The first-order valence-electron chi connectivity index (χ1n) is 7.39. The maximum Gasteiger partial charge on any atom is 0.197 e. The molecule has 0 aliphatic carbocycles. The van der Waals surface area contributed by atoms with Gasteiger partial charge in [-0.2, -0.15) is 0 Å². The summed E-state index contributed by atoms with van der Waals surface area (Å²) in [7, 11) is 1.99. The summed E-state index contributed by atoms with van der Waals surface area (Å²) < 4.78 is 5.97. The van der Waals surface area contributed by atoms with Crippen molar-refractivity contribution in [1.29, 1.82) is 0 Å². The third-order valence-electron chi connectivity index (χ3n) is 3.47. The molecule has 1 aromatic rings. The van der Waals surface area contributed by atoms with Gasteiger partial charge in [0.2, 0.25) is 0 Å². The lowest BCUT2D eigenvalue weighted by molar-refractivity contribution is 0.399. The van der Waals surface area contributed by atoms with Crippen LogP contribution < -0.4 is 5.32 Å². The molecular formula is C15H28N2O. The zero-order valence-electron chi connectivity index (χ0n) is 12.4. The second kappa shape index (κ2) is 8.30. The van der Waals surface area contributed by atoms with Gasteiger partial charge in [0.25, 0.3) is 0 Å². The van der Waals surface area contributed by atoms with E-state index in [1.54, 1.807) is 0 Å². The predicted octanol–water partition coefficient (Wildman–Crippen LogP) is 3.68. The lowest BCUT2D eigenvalue weighted by atomic mass is 10.0. The first-order valence-corrected chi connectivity index (χ1v) is 7.39. The second-order valence-corrected chi connectivity index (χ2v) is 4.88. The van der Waals surface area contributed by atoms with Crippen LogP contribution in [0.2, 0.25) is 0 Å². The lowest BCUT2D eigenvalue weighted by Crippen LogP contribution is -2.12. The molecule has 0 aromatic carbocycles. The quantitative estimate of drug-likeness (QED) is 0.728. The molecule has 3 nitrogen and oxygen atoms in total. The van der Waals surface area contributed by atoms with E-state index in [4.69, 9.17) is 9.40 Å². The lowest BCUT2D eigenvalue weighted by Gasteiger charge is -2.09. The van der Waals surface area contributed by atoms with Crippen LogP contribution >= 0.6 is 0 Å². The maximum absolute atomic E-state index is 5.97. The van der Waals surface area contributed by atoms with Crippen molar-refractivity contribution >= 4 is 0 Å². The molecule has 0 saturated carbocycles. The molecule has 0 radical (unpaired) electrons. The molecule has 0 spiro atoms. The van der Waals surface area contributed by atoms with Gasteiger partial charge < -0.3 is 9.73 Å². The molecule has 1 atom stereocenters. The van der Waals surface area contributed by atoms with E-state index in [-0.39, 0.29) is 0 Å². The Hall–Kier alpha value is -0.830. The largest absolute Gasteiger partial charge is 0.445 e. The number of unbranched alkanes of at least 4 members (excludes halogenated alkanes) is 1. The Labute approximate surface area is 111 Å². The number of aromatic nitrogens is 1. The fourth-order valence-electron chi connectivity index (χ4n) is 2.21. The SMILES string of the molecule is CCCCc1nc(C(CC)CCNC)oc1CC. The van der Waals surface area contributed by atoms with Crippen LogP contribution in [0, 0.1) is 0 Å². The van der Waals surface area contributed by atoms with E-state index >= 15 is 0 Å². The molecule has 1 N–H and O–H groups in total. The third-order valence-corrected chi connectivity index (χ3v) is 3.47. The van der Waals surface area contributed by atoms with E-state index in [1.807, 2.05) is 7.05 Å². The smallest absolute Gasteiger partial charge is 0.197 e. The summed E-state index contributed by atoms with van der Waals surface area (Å²) in [6.45, 7) is 7.59. The molecule has 0 aliphatic heterocycles. The minimum atomic E-state index is 0.457. The van der Waals surface area contributed by atoms with Crippen LogP contribution in [0.15, 0.2) is 4.42 Å². The van der Waals surface area contributed by atoms with Gasteiger partial charge in [-0.1, -0.05) is 27.2 Å². The monoisotopic (exact) mass is 252 g/mol.